The minimum atomic E-state index is -3.64. The van der Waals surface area contributed by atoms with Crippen molar-refractivity contribution in [2.75, 3.05) is 24.5 Å². The second kappa shape index (κ2) is 6.20. The number of hydrogen-bond acceptors (Lipinski definition) is 6. The Balaban J connectivity index is 1.52. The lowest BCUT2D eigenvalue weighted by molar-refractivity contribution is -0.117. The van der Waals surface area contributed by atoms with Gasteiger partial charge in [-0.3, -0.25) is 9.48 Å². The molecule has 1 atom stereocenters. The molecule has 9 nitrogen and oxygen atoms in total. The number of amides is 1. The van der Waals surface area contributed by atoms with Crippen LogP contribution in [0.15, 0.2) is 21.8 Å². The first-order valence-corrected chi connectivity index (χ1v) is 10.1. The summed E-state index contributed by atoms with van der Waals surface area (Å²) in [4.78, 5) is 13.8. The van der Waals surface area contributed by atoms with E-state index in [0.29, 0.717) is 43.9 Å². The van der Waals surface area contributed by atoms with Gasteiger partial charge in [0.25, 0.3) is 0 Å². The molecule has 0 N–H and O–H groups in total. The first kappa shape index (κ1) is 17.2. The average Bonchev–Trinajstić information content (AvgIpc) is 3.33. The van der Waals surface area contributed by atoms with E-state index in [1.165, 1.54) is 4.31 Å². The van der Waals surface area contributed by atoms with Crippen molar-refractivity contribution in [1.82, 2.24) is 19.2 Å². The third kappa shape index (κ3) is 2.73. The van der Waals surface area contributed by atoms with Crippen LogP contribution in [0.4, 0.5) is 5.69 Å². The zero-order valence-corrected chi connectivity index (χ0v) is 15.6. The largest absolute Gasteiger partial charge is 0.360 e. The van der Waals surface area contributed by atoms with E-state index in [4.69, 9.17) is 4.52 Å². The fourth-order valence-corrected chi connectivity index (χ4v) is 5.49. The Hall–Kier alpha value is -2.20. The molecule has 1 unspecified atom stereocenters. The lowest BCUT2D eigenvalue weighted by Crippen LogP contribution is -2.30. The molecule has 0 radical (unpaired) electrons. The third-order valence-corrected chi connectivity index (χ3v) is 7.15. The molecule has 1 amide bonds. The summed E-state index contributed by atoms with van der Waals surface area (Å²) < 4.78 is 34.1. The van der Waals surface area contributed by atoms with E-state index in [0.717, 1.165) is 12.1 Å². The number of carbonyl (C=O) groups excluding carboxylic acids is 1. The highest BCUT2D eigenvalue weighted by Crippen LogP contribution is 2.31. The zero-order chi connectivity index (χ0) is 18.5. The molecule has 26 heavy (non-hydrogen) atoms. The van der Waals surface area contributed by atoms with Crippen LogP contribution in [-0.4, -0.2) is 53.2 Å². The summed E-state index contributed by atoms with van der Waals surface area (Å²) in [5, 5.41) is 8.11. The number of rotatable bonds is 4. The van der Waals surface area contributed by atoms with Gasteiger partial charge in [-0.05, 0) is 26.7 Å². The molecule has 0 spiro atoms. The summed E-state index contributed by atoms with van der Waals surface area (Å²) in [6.45, 7) is 4.69. The molecule has 2 aromatic rings. The minimum Gasteiger partial charge on any atom is -0.360 e. The summed E-state index contributed by atoms with van der Waals surface area (Å²) in [7, 11) is -3.64. The Morgan fingerprint density at radius 2 is 2.08 bits per heavy atom. The van der Waals surface area contributed by atoms with Gasteiger partial charge in [-0.25, -0.2) is 8.42 Å². The zero-order valence-electron chi connectivity index (χ0n) is 14.8. The molecule has 2 aromatic heterocycles. The van der Waals surface area contributed by atoms with Crippen molar-refractivity contribution in [3.63, 3.8) is 0 Å². The van der Waals surface area contributed by atoms with Gasteiger partial charge in [-0.2, -0.15) is 9.40 Å². The molecule has 140 valence electrons. The summed E-state index contributed by atoms with van der Waals surface area (Å²) in [5.41, 5.74) is 1.15. The molecule has 10 heteroatoms. The topological polar surface area (TPSA) is 102 Å². The average molecular weight is 379 g/mol. The highest BCUT2D eigenvalue weighted by molar-refractivity contribution is 7.89. The third-order valence-electron chi connectivity index (χ3n) is 5.04. The second-order valence-corrected chi connectivity index (χ2v) is 8.66. The first-order valence-electron chi connectivity index (χ1n) is 8.65. The van der Waals surface area contributed by atoms with Crippen LogP contribution in [-0.2, 0) is 14.8 Å². The second-order valence-electron chi connectivity index (χ2n) is 6.79. The molecule has 2 fully saturated rings. The van der Waals surface area contributed by atoms with Crippen molar-refractivity contribution in [2.45, 2.75) is 44.0 Å². The summed E-state index contributed by atoms with van der Waals surface area (Å²) in [5.74, 6) is 0.415. The summed E-state index contributed by atoms with van der Waals surface area (Å²) in [6, 6.07) is -0.0586. The molecule has 2 aliphatic heterocycles. The SMILES string of the molecule is Cc1noc(C)c1S(=O)(=O)N1CCC(n2cc(N3CCCC3=O)cn2)C1. The predicted octanol–water partition coefficient (Wildman–Crippen LogP) is 1.25. The molecule has 0 aromatic carbocycles. The van der Waals surface area contributed by atoms with Gasteiger partial charge in [0, 0.05) is 32.3 Å². The molecular weight excluding hydrogens is 358 g/mol. The van der Waals surface area contributed by atoms with Gasteiger partial charge in [0.1, 0.15) is 10.6 Å². The Labute approximate surface area is 151 Å². The van der Waals surface area contributed by atoms with Crippen molar-refractivity contribution in [1.29, 1.82) is 0 Å². The van der Waals surface area contributed by atoms with Crippen molar-refractivity contribution in [3.8, 4) is 0 Å². The predicted molar refractivity (Wildman–Crippen MR) is 92.2 cm³/mol. The van der Waals surface area contributed by atoms with E-state index in [-0.39, 0.29) is 16.8 Å². The number of carbonyl (C=O) groups is 1. The molecule has 4 heterocycles. The maximum Gasteiger partial charge on any atom is 0.248 e. The molecule has 0 bridgehead atoms. The van der Waals surface area contributed by atoms with Crippen LogP contribution >= 0.6 is 0 Å². The normalized spacial score (nSPS) is 21.8. The smallest absolute Gasteiger partial charge is 0.248 e. The highest BCUT2D eigenvalue weighted by atomic mass is 32.2. The lowest BCUT2D eigenvalue weighted by Gasteiger charge is -2.16. The number of hydrogen-bond donors (Lipinski definition) is 0. The molecule has 2 saturated heterocycles. The van der Waals surface area contributed by atoms with E-state index in [9.17, 15) is 13.2 Å². The van der Waals surface area contributed by atoms with E-state index >= 15 is 0 Å². The Morgan fingerprint density at radius 3 is 2.73 bits per heavy atom. The Bertz CT molecular complexity index is 928. The van der Waals surface area contributed by atoms with Crippen molar-refractivity contribution >= 4 is 21.6 Å². The summed E-state index contributed by atoms with van der Waals surface area (Å²) in [6.07, 6.45) is 5.60. The maximum absolute atomic E-state index is 12.9. The quantitative estimate of drug-likeness (QED) is 0.792. The number of aromatic nitrogens is 3. The Kier molecular flexibility index (Phi) is 4.11. The van der Waals surface area contributed by atoms with Crippen LogP contribution in [0.1, 0.15) is 36.8 Å². The van der Waals surface area contributed by atoms with Gasteiger partial charge >= 0.3 is 0 Å². The molecule has 0 aliphatic carbocycles. The number of anilines is 1. The Morgan fingerprint density at radius 1 is 1.27 bits per heavy atom. The van der Waals surface area contributed by atoms with Gasteiger partial charge in [-0.1, -0.05) is 5.16 Å². The number of sulfonamides is 1. The molecule has 2 aliphatic rings. The van der Waals surface area contributed by atoms with Crippen LogP contribution in [0.25, 0.3) is 0 Å². The lowest BCUT2D eigenvalue weighted by atomic mass is 10.3. The van der Waals surface area contributed by atoms with E-state index in [1.54, 1.807) is 29.6 Å². The van der Waals surface area contributed by atoms with Crippen LogP contribution in [0.5, 0.6) is 0 Å². The summed E-state index contributed by atoms with van der Waals surface area (Å²) >= 11 is 0. The van der Waals surface area contributed by atoms with Crippen molar-refractivity contribution < 1.29 is 17.7 Å². The van der Waals surface area contributed by atoms with E-state index < -0.39 is 10.0 Å². The van der Waals surface area contributed by atoms with Crippen LogP contribution in [0, 0.1) is 13.8 Å². The maximum atomic E-state index is 12.9. The van der Waals surface area contributed by atoms with E-state index in [2.05, 4.69) is 10.3 Å². The van der Waals surface area contributed by atoms with Crippen molar-refractivity contribution in [3.05, 3.63) is 23.8 Å². The monoisotopic (exact) mass is 379 g/mol. The van der Waals surface area contributed by atoms with Gasteiger partial charge in [0.05, 0.1) is 17.9 Å². The number of aryl methyl sites for hydroxylation is 2. The van der Waals surface area contributed by atoms with Crippen LogP contribution < -0.4 is 4.90 Å². The van der Waals surface area contributed by atoms with Crippen molar-refractivity contribution in [2.24, 2.45) is 0 Å². The van der Waals surface area contributed by atoms with Crippen LogP contribution in [0.3, 0.4) is 0 Å². The fourth-order valence-electron chi connectivity index (χ4n) is 3.71. The van der Waals surface area contributed by atoms with Gasteiger partial charge in [0.15, 0.2) is 5.76 Å². The van der Waals surface area contributed by atoms with E-state index in [1.807, 2.05) is 6.20 Å². The molecular formula is C16H21N5O4S. The number of nitrogens with zero attached hydrogens (tertiary/aromatic N) is 5. The first-order chi connectivity index (χ1) is 12.4. The standard InChI is InChI=1S/C16H21N5O4S/c1-11-16(12(2)25-18-11)26(23,24)19-7-5-13(9-19)21-10-14(8-17-21)20-6-3-4-15(20)22/h8,10,13H,3-7,9H2,1-2H3. The van der Waals surface area contributed by atoms with Gasteiger partial charge < -0.3 is 9.42 Å². The van der Waals surface area contributed by atoms with Crippen LogP contribution in [0.2, 0.25) is 0 Å². The van der Waals surface area contributed by atoms with Gasteiger partial charge in [-0.15, -0.1) is 0 Å². The molecule has 0 saturated carbocycles. The minimum absolute atomic E-state index is 0.0586. The van der Waals surface area contributed by atoms with Gasteiger partial charge in [0.2, 0.25) is 15.9 Å². The highest BCUT2D eigenvalue weighted by Gasteiger charge is 2.37. The fraction of sp³-hybridized carbons (Fsp3) is 0.562. The molecule has 4 rings (SSSR count).